The van der Waals surface area contributed by atoms with E-state index in [4.69, 9.17) is 10.6 Å². The first-order valence-corrected chi connectivity index (χ1v) is 4.56. The molecule has 0 aliphatic heterocycles. The van der Waals surface area contributed by atoms with E-state index in [1.54, 1.807) is 11.6 Å². The fraction of sp³-hybridized carbons (Fsp3) is 0.333. The predicted molar refractivity (Wildman–Crippen MR) is 56.2 cm³/mol. The van der Waals surface area contributed by atoms with Crippen molar-refractivity contribution in [3.63, 3.8) is 0 Å². The number of hydrogen-bond donors (Lipinski definition) is 2. The van der Waals surface area contributed by atoms with Crippen molar-refractivity contribution in [1.29, 1.82) is 0 Å². The number of aromatic nitrogens is 3. The number of ether oxygens (including phenoxy) is 1. The van der Waals surface area contributed by atoms with E-state index in [-0.39, 0.29) is 0 Å². The number of hydrazine groups is 1. The summed E-state index contributed by atoms with van der Waals surface area (Å²) in [6, 6.07) is 3.70. The van der Waals surface area contributed by atoms with Crippen molar-refractivity contribution in [1.82, 2.24) is 14.6 Å². The SMILES string of the molecule is COCc1cc2nc(C)cc(NN)n2n1. The summed E-state index contributed by atoms with van der Waals surface area (Å²) in [7, 11) is 1.63. The van der Waals surface area contributed by atoms with E-state index in [2.05, 4.69) is 15.5 Å². The van der Waals surface area contributed by atoms with Gasteiger partial charge in [-0.1, -0.05) is 0 Å². The maximum Gasteiger partial charge on any atom is 0.157 e. The van der Waals surface area contributed by atoms with Gasteiger partial charge in [-0.05, 0) is 6.92 Å². The number of nitrogen functional groups attached to an aromatic ring is 1. The van der Waals surface area contributed by atoms with Gasteiger partial charge in [0.1, 0.15) is 5.82 Å². The first-order chi connectivity index (χ1) is 7.24. The summed E-state index contributed by atoms with van der Waals surface area (Å²) in [5, 5.41) is 4.30. The molecule has 3 N–H and O–H groups in total. The van der Waals surface area contributed by atoms with Crippen molar-refractivity contribution in [2.45, 2.75) is 13.5 Å². The van der Waals surface area contributed by atoms with Crippen LogP contribution in [0.2, 0.25) is 0 Å². The zero-order valence-electron chi connectivity index (χ0n) is 8.69. The topological polar surface area (TPSA) is 77.5 Å². The third-order valence-corrected chi connectivity index (χ3v) is 2.05. The molecule has 6 nitrogen and oxygen atoms in total. The number of nitrogens with two attached hydrogens (primary N) is 1. The summed E-state index contributed by atoms with van der Waals surface area (Å²) < 4.78 is 6.66. The van der Waals surface area contributed by atoms with Gasteiger partial charge in [-0.25, -0.2) is 10.8 Å². The fourth-order valence-corrected chi connectivity index (χ4v) is 1.47. The van der Waals surface area contributed by atoms with Crippen LogP contribution >= 0.6 is 0 Å². The molecule has 0 aromatic carbocycles. The van der Waals surface area contributed by atoms with Crippen LogP contribution in [0.5, 0.6) is 0 Å². The summed E-state index contributed by atoms with van der Waals surface area (Å²) in [6.45, 7) is 2.37. The van der Waals surface area contributed by atoms with Gasteiger partial charge in [0, 0.05) is 24.9 Å². The van der Waals surface area contributed by atoms with Crippen molar-refractivity contribution in [3.8, 4) is 0 Å². The Balaban J connectivity index is 2.58. The Hall–Kier alpha value is -1.66. The Bertz CT molecular complexity index is 479. The highest BCUT2D eigenvalue weighted by Gasteiger charge is 2.06. The molecule has 0 aliphatic rings. The monoisotopic (exact) mass is 207 g/mol. The Kier molecular flexibility index (Phi) is 2.53. The molecule has 0 atom stereocenters. The third-order valence-electron chi connectivity index (χ3n) is 2.05. The first-order valence-electron chi connectivity index (χ1n) is 4.56. The zero-order valence-corrected chi connectivity index (χ0v) is 8.69. The number of fused-ring (bicyclic) bond motifs is 1. The minimum Gasteiger partial charge on any atom is -0.378 e. The molecule has 0 fully saturated rings. The number of aryl methyl sites for hydroxylation is 1. The minimum atomic E-state index is 0.465. The second-order valence-corrected chi connectivity index (χ2v) is 3.27. The molecule has 15 heavy (non-hydrogen) atoms. The van der Waals surface area contributed by atoms with E-state index in [1.165, 1.54) is 0 Å². The van der Waals surface area contributed by atoms with E-state index in [0.29, 0.717) is 12.4 Å². The van der Waals surface area contributed by atoms with E-state index in [9.17, 15) is 0 Å². The normalized spacial score (nSPS) is 10.9. The molecule has 80 valence electrons. The van der Waals surface area contributed by atoms with E-state index in [1.807, 2.05) is 19.1 Å². The molecule has 0 unspecified atom stereocenters. The second kappa shape index (κ2) is 3.84. The maximum absolute atomic E-state index is 5.40. The van der Waals surface area contributed by atoms with Crippen molar-refractivity contribution in [3.05, 3.63) is 23.5 Å². The largest absolute Gasteiger partial charge is 0.378 e. The summed E-state index contributed by atoms with van der Waals surface area (Å²) in [6.07, 6.45) is 0. The standard InChI is InChI=1S/C9H13N5O/c1-6-3-9(12-10)14-8(11-6)4-7(13-14)5-15-2/h3-4,12H,5,10H2,1-2H3. The van der Waals surface area contributed by atoms with Crippen LogP contribution in [0.1, 0.15) is 11.4 Å². The summed E-state index contributed by atoms with van der Waals surface area (Å²) in [5.74, 6) is 6.11. The molecule has 0 aliphatic carbocycles. The van der Waals surface area contributed by atoms with Crippen LogP contribution in [-0.4, -0.2) is 21.7 Å². The van der Waals surface area contributed by atoms with E-state index in [0.717, 1.165) is 17.0 Å². The molecule has 0 spiro atoms. The Morgan fingerprint density at radius 3 is 3.00 bits per heavy atom. The number of methoxy groups -OCH3 is 1. The van der Waals surface area contributed by atoms with Gasteiger partial charge in [0.25, 0.3) is 0 Å². The molecule has 2 rings (SSSR count). The Morgan fingerprint density at radius 1 is 1.53 bits per heavy atom. The molecular weight excluding hydrogens is 194 g/mol. The lowest BCUT2D eigenvalue weighted by atomic mass is 10.4. The van der Waals surface area contributed by atoms with Gasteiger partial charge >= 0.3 is 0 Å². The van der Waals surface area contributed by atoms with Gasteiger partial charge < -0.3 is 10.2 Å². The number of hydrogen-bond acceptors (Lipinski definition) is 5. The highest BCUT2D eigenvalue weighted by atomic mass is 16.5. The molecule has 0 saturated carbocycles. The Morgan fingerprint density at radius 2 is 2.33 bits per heavy atom. The van der Waals surface area contributed by atoms with Gasteiger partial charge in [0.15, 0.2) is 5.65 Å². The van der Waals surface area contributed by atoms with Crippen molar-refractivity contribution in [2.75, 3.05) is 12.5 Å². The molecular formula is C9H13N5O. The zero-order chi connectivity index (χ0) is 10.8. The van der Waals surface area contributed by atoms with Gasteiger partial charge in [0.2, 0.25) is 0 Å². The maximum atomic E-state index is 5.40. The lowest BCUT2D eigenvalue weighted by molar-refractivity contribution is 0.181. The van der Waals surface area contributed by atoms with Crippen molar-refractivity contribution in [2.24, 2.45) is 5.84 Å². The molecule has 0 amide bonds. The van der Waals surface area contributed by atoms with Gasteiger partial charge in [-0.2, -0.15) is 9.61 Å². The van der Waals surface area contributed by atoms with Gasteiger partial charge in [-0.3, -0.25) is 0 Å². The van der Waals surface area contributed by atoms with Crippen LogP contribution in [-0.2, 0) is 11.3 Å². The highest BCUT2D eigenvalue weighted by Crippen LogP contribution is 2.13. The fourth-order valence-electron chi connectivity index (χ4n) is 1.47. The smallest absolute Gasteiger partial charge is 0.157 e. The van der Waals surface area contributed by atoms with Crippen LogP contribution in [0, 0.1) is 6.92 Å². The number of nitrogens with one attached hydrogen (secondary N) is 1. The summed E-state index contributed by atoms with van der Waals surface area (Å²) in [4.78, 5) is 4.34. The molecule has 2 aromatic rings. The average Bonchev–Trinajstić information content (AvgIpc) is 2.59. The predicted octanol–water partition coefficient (Wildman–Crippen LogP) is 0.470. The lowest BCUT2D eigenvalue weighted by Crippen LogP contribution is -2.12. The third kappa shape index (κ3) is 1.77. The van der Waals surface area contributed by atoms with Crippen LogP contribution in [0.15, 0.2) is 12.1 Å². The Labute approximate surface area is 87.0 Å². The molecule has 6 heteroatoms. The van der Waals surface area contributed by atoms with E-state index < -0.39 is 0 Å². The lowest BCUT2D eigenvalue weighted by Gasteiger charge is -2.03. The molecule has 0 bridgehead atoms. The number of nitrogens with zero attached hydrogens (tertiary/aromatic N) is 3. The van der Waals surface area contributed by atoms with Gasteiger partial charge in [0.05, 0.1) is 12.3 Å². The van der Waals surface area contributed by atoms with Crippen molar-refractivity contribution >= 4 is 11.5 Å². The quantitative estimate of drug-likeness (QED) is 0.565. The number of anilines is 1. The highest BCUT2D eigenvalue weighted by molar-refractivity contribution is 5.49. The minimum absolute atomic E-state index is 0.465. The molecule has 0 saturated heterocycles. The van der Waals surface area contributed by atoms with Gasteiger partial charge in [-0.15, -0.1) is 0 Å². The molecule has 0 radical (unpaired) electrons. The molecule has 2 aromatic heterocycles. The average molecular weight is 207 g/mol. The van der Waals surface area contributed by atoms with Crippen molar-refractivity contribution < 1.29 is 4.74 Å². The second-order valence-electron chi connectivity index (χ2n) is 3.27. The van der Waals surface area contributed by atoms with Crippen LogP contribution in [0.4, 0.5) is 5.82 Å². The summed E-state index contributed by atoms with van der Waals surface area (Å²) >= 11 is 0. The van der Waals surface area contributed by atoms with Crippen LogP contribution < -0.4 is 11.3 Å². The van der Waals surface area contributed by atoms with Crippen LogP contribution in [0.25, 0.3) is 5.65 Å². The molecule has 2 heterocycles. The summed E-state index contributed by atoms with van der Waals surface area (Å²) in [5.41, 5.74) is 5.06. The van der Waals surface area contributed by atoms with E-state index >= 15 is 0 Å². The number of rotatable bonds is 3. The van der Waals surface area contributed by atoms with Crippen LogP contribution in [0.3, 0.4) is 0 Å². The first kappa shape index (κ1) is 9.88.